The van der Waals surface area contributed by atoms with E-state index in [-0.39, 0.29) is 5.91 Å². The molecule has 0 aliphatic heterocycles. The third-order valence-corrected chi connectivity index (χ3v) is 4.68. The van der Waals surface area contributed by atoms with Gasteiger partial charge in [-0.15, -0.1) is 11.8 Å². The van der Waals surface area contributed by atoms with Crippen molar-refractivity contribution in [3.8, 4) is 0 Å². The van der Waals surface area contributed by atoms with Crippen molar-refractivity contribution in [1.29, 1.82) is 0 Å². The lowest BCUT2D eigenvalue weighted by atomic mass is 10.1. The van der Waals surface area contributed by atoms with Crippen molar-refractivity contribution in [2.75, 3.05) is 11.1 Å². The molecule has 2 rings (SSSR count). The molecule has 0 heterocycles. The van der Waals surface area contributed by atoms with Crippen LogP contribution in [0, 0.1) is 6.92 Å². The molecule has 0 unspecified atom stereocenters. The Kier molecular flexibility index (Phi) is 7.21. The molecule has 0 saturated heterocycles. The Morgan fingerprint density at radius 3 is 2.30 bits per heavy atom. The second kappa shape index (κ2) is 9.41. The van der Waals surface area contributed by atoms with Crippen molar-refractivity contribution in [3.63, 3.8) is 0 Å². The molecule has 0 aliphatic rings. The van der Waals surface area contributed by atoms with E-state index in [0.717, 1.165) is 17.9 Å². The highest BCUT2D eigenvalue weighted by Crippen LogP contribution is 2.15. The van der Waals surface area contributed by atoms with E-state index < -0.39 is 0 Å². The lowest BCUT2D eigenvalue weighted by Gasteiger charge is -2.07. The van der Waals surface area contributed by atoms with Crippen molar-refractivity contribution in [3.05, 3.63) is 65.2 Å². The number of anilines is 1. The first-order valence-corrected chi connectivity index (χ1v) is 9.35. The van der Waals surface area contributed by atoms with Crippen molar-refractivity contribution in [2.45, 2.75) is 38.9 Å². The fourth-order valence-electron chi connectivity index (χ4n) is 2.28. The van der Waals surface area contributed by atoms with Gasteiger partial charge in [-0.3, -0.25) is 4.79 Å². The highest BCUT2D eigenvalue weighted by molar-refractivity contribution is 7.99. The van der Waals surface area contributed by atoms with Crippen LogP contribution in [0.3, 0.4) is 0 Å². The van der Waals surface area contributed by atoms with Crippen LogP contribution in [0.25, 0.3) is 0 Å². The molecule has 2 nitrogen and oxygen atoms in total. The Morgan fingerprint density at radius 1 is 1.00 bits per heavy atom. The quantitative estimate of drug-likeness (QED) is 0.721. The van der Waals surface area contributed by atoms with E-state index in [1.165, 1.54) is 29.5 Å². The van der Waals surface area contributed by atoms with Crippen LogP contribution in [0.2, 0.25) is 0 Å². The number of thioether (sulfide) groups is 1. The number of hydrogen-bond donors (Lipinski definition) is 1. The maximum Gasteiger partial charge on any atom is 0.234 e. The summed E-state index contributed by atoms with van der Waals surface area (Å²) < 4.78 is 0. The van der Waals surface area contributed by atoms with Gasteiger partial charge in [0.1, 0.15) is 0 Å². The fraction of sp³-hybridized carbons (Fsp3) is 0.350. The molecule has 1 N–H and O–H groups in total. The fourth-order valence-corrected chi connectivity index (χ4v) is 3.07. The van der Waals surface area contributed by atoms with Crippen LogP contribution in [0.1, 0.15) is 36.5 Å². The number of nitrogens with one attached hydrogen (secondary N) is 1. The zero-order valence-electron chi connectivity index (χ0n) is 14.0. The molecular weight excluding hydrogens is 302 g/mol. The minimum absolute atomic E-state index is 0.0587. The number of rotatable bonds is 8. The Bertz CT molecular complexity index is 605. The number of benzene rings is 2. The Morgan fingerprint density at radius 2 is 1.65 bits per heavy atom. The number of amides is 1. The molecule has 23 heavy (non-hydrogen) atoms. The highest BCUT2D eigenvalue weighted by atomic mass is 32.2. The van der Waals surface area contributed by atoms with Crippen LogP contribution in [-0.2, 0) is 17.0 Å². The molecule has 0 spiro atoms. The van der Waals surface area contributed by atoms with Crippen LogP contribution in [0.5, 0.6) is 0 Å². The van der Waals surface area contributed by atoms with Gasteiger partial charge in [0.05, 0.1) is 5.75 Å². The Balaban J connectivity index is 1.72. The van der Waals surface area contributed by atoms with Gasteiger partial charge in [-0.2, -0.15) is 0 Å². The smallest absolute Gasteiger partial charge is 0.234 e. The van der Waals surface area contributed by atoms with Gasteiger partial charge in [0.25, 0.3) is 0 Å². The molecule has 3 heteroatoms. The molecule has 2 aromatic rings. The minimum atomic E-state index is 0.0587. The summed E-state index contributed by atoms with van der Waals surface area (Å²) in [6, 6.07) is 16.6. The molecule has 0 radical (unpaired) electrons. The van der Waals surface area contributed by atoms with Crippen molar-refractivity contribution in [2.24, 2.45) is 0 Å². The van der Waals surface area contributed by atoms with Gasteiger partial charge in [0.2, 0.25) is 5.91 Å². The predicted octanol–water partition coefficient (Wildman–Crippen LogP) is 5.21. The normalized spacial score (nSPS) is 10.5. The first-order valence-electron chi connectivity index (χ1n) is 8.19. The van der Waals surface area contributed by atoms with Crippen molar-refractivity contribution in [1.82, 2.24) is 0 Å². The number of carbonyl (C=O) groups is 1. The molecule has 0 aromatic heterocycles. The van der Waals surface area contributed by atoms with Crippen molar-refractivity contribution < 1.29 is 4.79 Å². The Hall–Kier alpha value is -1.74. The SMILES string of the molecule is CCCCc1ccc(NC(=O)CSCc2ccc(C)cc2)cc1. The number of aryl methyl sites for hydroxylation is 2. The van der Waals surface area contributed by atoms with E-state index in [0.29, 0.717) is 5.75 Å². The van der Waals surface area contributed by atoms with Gasteiger partial charge in [0.15, 0.2) is 0 Å². The molecule has 0 bridgehead atoms. The Labute approximate surface area is 143 Å². The first-order chi connectivity index (χ1) is 11.2. The summed E-state index contributed by atoms with van der Waals surface area (Å²) in [4.78, 5) is 12.0. The van der Waals surface area contributed by atoms with Gasteiger partial charge in [0, 0.05) is 11.4 Å². The zero-order valence-corrected chi connectivity index (χ0v) is 14.8. The van der Waals surface area contributed by atoms with Crippen LogP contribution in [0.15, 0.2) is 48.5 Å². The van der Waals surface area contributed by atoms with Crippen LogP contribution in [0.4, 0.5) is 5.69 Å². The van der Waals surface area contributed by atoms with Gasteiger partial charge in [-0.05, 0) is 43.0 Å². The summed E-state index contributed by atoms with van der Waals surface area (Å²) in [7, 11) is 0. The zero-order chi connectivity index (χ0) is 16.5. The van der Waals surface area contributed by atoms with Crippen molar-refractivity contribution >= 4 is 23.4 Å². The van der Waals surface area contributed by atoms with E-state index in [2.05, 4.69) is 55.6 Å². The minimum Gasteiger partial charge on any atom is -0.325 e. The summed E-state index contributed by atoms with van der Waals surface area (Å²) in [5.74, 6) is 1.40. The maximum absolute atomic E-state index is 12.0. The molecule has 0 saturated carbocycles. The number of carbonyl (C=O) groups excluding carboxylic acids is 1. The topological polar surface area (TPSA) is 29.1 Å². The lowest BCUT2D eigenvalue weighted by molar-refractivity contribution is -0.113. The molecule has 1 amide bonds. The van der Waals surface area contributed by atoms with Crippen LogP contribution in [-0.4, -0.2) is 11.7 Å². The highest BCUT2D eigenvalue weighted by Gasteiger charge is 2.03. The second-order valence-corrected chi connectivity index (χ2v) is 6.81. The molecule has 0 fully saturated rings. The summed E-state index contributed by atoms with van der Waals surface area (Å²) in [6.45, 7) is 4.28. The second-order valence-electron chi connectivity index (χ2n) is 5.83. The largest absolute Gasteiger partial charge is 0.325 e. The molecular formula is C20H25NOS. The predicted molar refractivity (Wildman–Crippen MR) is 101 cm³/mol. The summed E-state index contributed by atoms with van der Waals surface area (Å²) in [5, 5.41) is 2.96. The number of hydrogen-bond acceptors (Lipinski definition) is 2. The standard InChI is InChI=1S/C20H25NOS/c1-3-4-5-17-10-12-19(13-11-17)21-20(22)15-23-14-18-8-6-16(2)7-9-18/h6-13H,3-5,14-15H2,1-2H3,(H,21,22). The third kappa shape index (κ3) is 6.49. The first kappa shape index (κ1) is 17.6. The van der Waals surface area contributed by atoms with Gasteiger partial charge in [-0.25, -0.2) is 0 Å². The molecule has 122 valence electrons. The van der Waals surface area contributed by atoms with Crippen LogP contribution >= 0.6 is 11.8 Å². The monoisotopic (exact) mass is 327 g/mol. The summed E-state index contributed by atoms with van der Waals surface area (Å²) in [6.07, 6.45) is 3.52. The van der Waals surface area contributed by atoms with Gasteiger partial charge < -0.3 is 5.32 Å². The summed E-state index contributed by atoms with van der Waals surface area (Å²) >= 11 is 1.64. The average molecular weight is 327 g/mol. The third-order valence-electron chi connectivity index (χ3n) is 3.68. The lowest BCUT2D eigenvalue weighted by Crippen LogP contribution is -2.14. The summed E-state index contributed by atoms with van der Waals surface area (Å²) in [5.41, 5.74) is 4.73. The van der Waals surface area contributed by atoms with E-state index in [9.17, 15) is 4.79 Å². The number of unbranched alkanes of at least 4 members (excludes halogenated alkanes) is 1. The van der Waals surface area contributed by atoms with Crippen LogP contribution < -0.4 is 5.32 Å². The maximum atomic E-state index is 12.0. The molecule has 0 atom stereocenters. The van der Waals surface area contributed by atoms with E-state index >= 15 is 0 Å². The van der Waals surface area contributed by atoms with E-state index in [4.69, 9.17) is 0 Å². The molecule has 2 aromatic carbocycles. The van der Waals surface area contributed by atoms with E-state index in [1.807, 2.05) is 12.1 Å². The van der Waals surface area contributed by atoms with E-state index in [1.54, 1.807) is 11.8 Å². The molecule has 0 aliphatic carbocycles. The average Bonchev–Trinajstić information content (AvgIpc) is 2.56. The van der Waals surface area contributed by atoms with Gasteiger partial charge in [-0.1, -0.05) is 55.3 Å². The van der Waals surface area contributed by atoms with Gasteiger partial charge >= 0.3 is 0 Å².